The third-order valence-electron chi connectivity index (χ3n) is 4.26. The maximum atomic E-state index is 12.4. The van der Waals surface area contributed by atoms with Crippen LogP contribution in [0.4, 0.5) is 0 Å². The second-order valence-electron chi connectivity index (χ2n) is 5.45. The highest BCUT2D eigenvalue weighted by atomic mass is 35.5. The summed E-state index contributed by atoms with van der Waals surface area (Å²) in [6.07, 6.45) is 4.24. The van der Waals surface area contributed by atoms with Crippen LogP contribution in [0.1, 0.15) is 43.1 Å². The number of pyridine rings is 1. The molecule has 1 N–H and O–H groups in total. The average Bonchev–Trinajstić information content (AvgIpc) is 2.42. The minimum atomic E-state index is -0.126. The van der Waals surface area contributed by atoms with Crippen LogP contribution in [0.3, 0.4) is 0 Å². The van der Waals surface area contributed by atoms with Gasteiger partial charge in [0.2, 0.25) is 0 Å². The molecule has 0 radical (unpaired) electrons. The number of amides is 1. The molecular formula is C16H17ClN2O. The third-order valence-corrected chi connectivity index (χ3v) is 4.58. The van der Waals surface area contributed by atoms with E-state index < -0.39 is 0 Å². The van der Waals surface area contributed by atoms with E-state index in [1.54, 1.807) is 6.07 Å². The Morgan fingerprint density at radius 3 is 2.80 bits per heavy atom. The zero-order valence-electron chi connectivity index (χ0n) is 11.4. The fourth-order valence-corrected chi connectivity index (χ4v) is 2.99. The van der Waals surface area contributed by atoms with Gasteiger partial charge in [-0.2, -0.15) is 0 Å². The molecule has 1 amide bonds. The predicted molar refractivity (Wildman–Crippen MR) is 81.1 cm³/mol. The topological polar surface area (TPSA) is 42.0 Å². The van der Waals surface area contributed by atoms with Gasteiger partial charge >= 0.3 is 0 Å². The van der Waals surface area contributed by atoms with Crippen molar-refractivity contribution in [2.45, 2.75) is 38.1 Å². The smallest absolute Gasteiger partial charge is 0.270 e. The number of carbonyl (C=O) groups excluding carboxylic acids is 1. The monoisotopic (exact) mass is 288 g/mol. The molecule has 0 aliphatic heterocycles. The Balaban J connectivity index is 1.92. The minimum Gasteiger partial charge on any atom is -0.345 e. The quantitative estimate of drug-likeness (QED) is 0.929. The van der Waals surface area contributed by atoms with Crippen LogP contribution < -0.4 is 5.32 Å². The SMILES string of the molecule is CCC1(NC(=O)c2cc(Cl)c3ccccc3n2)CCC1. The van der Waals surface area contributed by atoms with Crippen LogP contribution in [-0.2, 0) is 0 Å². The van der Waals surface area contributed by atoms with Crippen molar-refractivity contribution in [3.05, 3.63) is 41.0 Å². The van der Waals surface area contributed by atoms with Crippen molar-refractivity contribution < 1.29 is 4.79 Å². The van der Waals surface area contributed by atoms with Crippen molar-refractivity contribution in [3.63, 3.8) is 0 Å². The zero-order valence-corrected chi connectivity index (χ0v) is 12.2. The first-order valence-corrected chi connectivity index (χ1v) is 7.39. The molecule has 104 valence electrons. The molecule has 1 aromatic carbocycles. The minimum absolute atomic E-state index is 0.0309. The third kappa shape index (κ3) is 2.27. The molecule has 0 bridgehead atoms. The first-order chi connectivity index (χ1) is 9.63. The number of hydrogen-bond donors (Lipinski definition) is 1. The number of aromatic nitrogens is 1. The number of para-hydroxylation sites is 1. The largest absolute Gasteiger partial charge is 0.345 e. The van der Waals surface area contributed by atoms with E-state index in [1.165, 1.54) is 6.42 Å². The Morgan fingerprint density at radius 1 is 1.40 bits per heavy atom. The molecule has 1 fully saturated rings. The molecule has 2 aromatic rings. The van der Waals surface area contributed by atoms with Gasteiger partial charge < -0.3 is 5.32 Å². The molecule has 1 aliphatic carbocycles. The van der Waals surface area contributed by atoms with Gasteiger partial charge in [-0.15, -0.1) is 0 Å². The second-order valence-corrected chi connectivity index (χ2v) is 5.86. The van der Waals surface area contributed by atoms with Gasteiger partial charge in [0.05, 0.1) is 10.5 Å². The van der Waals surface area contributed by atoms with Gasteiger partial charge in [0.25, 0.3) is 5.91 Å². The fourth-order valence-electron chi connectivity index (χ4n) is 2.72. The van der Waals surface area contributed by atoms with E-state index in [2.05, 4.69) is 17.2 Å². The average molecular weight is 289 g/mol. The van der Waals surface area contributed by atoms with Crippen LogP contribution in [0.5, 0.6) is 0 Å². The van der Waals surface area contributed by atoms with Gasteiger partial charge in [-0.05, 0) is 37.8 Å². The zero-order chi connectivity index (χ0) is 14.2. The number of nitrogens with zero attached hydrogens (tertiary/aromatic N) is 1. The summed E-state index contributed by atoms with van der Waals surface area (Å²) in [7, 11) is 0. The van der Waals surface area contributed by atoms with Gasteiger partial charge in [-0.25, -0.2) is 4.98 Å². The highest BCUT2D eigenvalue weighted by molar-refractivity contribution is 6.35. The van der Waals surface area contributed by atoms with E-state index in [1.807, 2.05) is 24.3 Å². The first-order valence-electron chi connectivity index (χ1n) is 7.01. The van der Waals surface area contributed by atoms with E-state index >= 15 is 0 Å². The van der Waals surface area contributed by atoms with Gasteiger partial charge in [0, 0.05) is 10.9 Å². The maximum Gasteiger partial charge on any atom is 0.270 e. The standard InChI is InChI=1S/C16H17ClN2O/c1-2-16(8-5-9-16)19-15(20)14-10-12(17)11-6-3-4-7-13(11)18-14/h3-4,6-7,10H,2,5,8-9H2,1H3,(H,19,20). The summed E-state index contributed by atoms with van der Waals surface area (Å²) in [4.78, 5) is 16.8. The van der Waals surface area contributed by atoms with Gasteiger partial charge in [-0.3, -0.25) is 4.79 Å². The molecule has 3 rings (SSSR count). The lowest BCUT2D eigenvalue weighted by atomic mass is 9.75. The molecular weight excluding hydrogens is 272 g/mol. The molecule has 1 heterocycles. The van der Waals surface area contributed by atoms with E-state index in [9.17, 15) is 4.79 Å². The van der Waals surface area contributed by atoms with Crippen molar-refractivity contribution in [2.75, 3.05) is 0 Å². The molecule has 0 saturated heterocycles. The molecule has 3 nitrogen and oxygen atoms in total. The molecule has 0 spiro atoms. The molecule has 1 saturated carbocycles. The number of carbonyl (C=O) groups is 1. The lowest BCUT2D eigenvalue weighted by Gasteiger charge is -2.41. The van der Waals surface area contributed by atoms with Crippen LogP contribution in [0.15, 0.2) is 30.3 Å². The number of nitrogens with one attached hydrogen (secondary N) is 1. The second kappa shape index (κ2) is 5.06. The lowest BCUT2D eigenvalue weighted by Crippen LogP contribution is -2.53. The molecule has 1 aliphatic rings. The van der Waals surface area contributed by atoms with Crippen LogP contribution in [-0.4, -0.2) is 16.4 Å². The van der Waals surface area contributed by atoms with Gasteiger partial charge in [0.15, 0.2) is 0 Å². The molecule has 20 heavy (non-hydrogen) atoms. The van der Waals surface area contributed by atoms with Crippen molar-refractivity contribution >= 4 is 28.4 Å². The van der Waals surface area contributed by atoms with Crippen molar-refractivity contribution in [1.29, 1.82) is 0 Å². The highest BCUT2D eigenvalue weighted by Crippen LogP contribution is 2.35. The van der Waals surface area contributed by atoms with Gasteiger partial charge in [0.1, 0.15) is 5.69 Å². The Hall–Kier alpha value is -1.61. The van der Waals surface area contributed by atoms with Crippen LogP contribution in [0, 0.1) is 0 Å². The maximum absolute atomic E-state index is 12.4. The highest BCUT2D eigenvalue weighted by Gasteiger charge is 2.36. The number of fused-ring (bicyclic) bond motifs is 1. The Labute approximate surface area is 123 Å². The summed E-state index contributed by atoms with van der Waals surface area (Å²) in [5.74, 6) is -0.126. The van der Waals surface area contributed by atoms with E-state index in [0.717, 1.165) is 30.2 Å². The number of halogens is 1. The van der Waals surface area contributed by atoms with Crippen LogP contribution in [0.25, 0.3) is 10.9 Å². The Kier molecular flexibility index (Phi) is 3.38. The van der Waals surface area contributed by atoms with Crippen LogP contribution >= 0.6 is 11.6 Å². The first kappa shape index (κ1) is 13.4. The van der Waals surface area contributed by atoms with Crippen molar-refractivity contribution in [3.8, 4) is 0 Å². The van der Waals surface area contributed by atoms with Crippen molar-refractivity contribution in [1.82, 2.24) is 10.3 Å². The van der Waals surface area contributed by atoms with Gasteiger partial charge in [-0.1, -0.05) is 36.7 Å². The fraction of sp³-hybridized carbons (Fsp3) is 0.375. The lowest BCUT2D eigenvalue weighted by molar-refractivity contribution is 0.0815. The number of rotatable bonds is 3. The molecule has 4 heteroatoms. The number of hydrogen-bond acceptors (Lipinski definition) is 2. The summed E-state index contributed by atoms with van der Waals surface area (Å²) < 4.78 is 0. The molecule has 1 aromatic heterocycles. The summed E-state index contributed by atoms with van der Waals surface area (Å²) in [6, 6.07) is 9.24. The summed E-state index contributed by atoms with van der Waals surface area (Å²) in [5, 5.41) is 4.57. The normalized spacial score (nSPS) is 16.7. The van der Waals surface area contributed by atoms with E-state index in [0.29, 0.717) is 10.7 Å². The van der Waals surface area contributed by atoms with E-state index in [-0.39, 0.29) is 11.4 Å². The summed E-state index contributed by atoms with van der Waals surface area (Å²) >= 11 is 6.24. The predicted octanol–water partition coefficient (Wildman–Crippen LogP) is 3.95. The molecule has 0 unspecified atom stereocenters. The number of benzene rings is 1. The van der Waals surface area contributed by atoms with Crippen molar-refractivity contribution in [2.24, 2.45) is 0 Å². The Morgan fingerprint density at radius 2 is 2.15 bits per heavy atom. The summed E-state index contributed by atoms with van der Waals surface area (Å²) in [5.41, 5.74) is 1.12. The summed E-state index contributed by atoms with van der Waals surface area (Å²) in [6.45, 7) is 2.11. The van der Waals surface area contributed by atoms with Crippen LogP contribution in [0.2, 0.25) is 5.02 Å². The Bertz CT molecular complexity index is 659. The molecule has 0 atom stereocenters. The van der Waals surface area contributed by atoms with E-state index in [4.69, 9.17) is 11.6 Å².